The second-order valence-corrected chi connectivity index (χ2v) is 8.70. The average molecular weight is 454 g/mol. The van der Waals surface area contributed by atoms with Crippen molar-refractivity contribution in [2.75, 3.05) is 13.1 Å². The number of nitrogens with one attached hydrogen (secondary N) is 2. The van der Waals surface area contributed by atoms with Crippen molar-refractivity contribution in [3.8, 4) is 0 Å². The predicted octanol–water partition coefficient (Wildman–Crippen LogP) is 3.48. The first-order chi connectivity index (χ1) is 15.8. The molecule has 0 saturated carbocycles. The van der Waals surface area contributed by atoms with E-state index in [1.165, 1.54) is 10.5 Å². The topological polar surface area (TPSA) is 78.5 Å². The van der Waals surface area contributed by atoms with Crippen LogP contribution in [0.4, 0.5) is 4.39 Å². The van der Waals surface area contributed by atoms with E-state index in [1.807, 2.05) is 54.6 Å². The Kier molecular flexibility index (Phi) is 8.20. The van der Waals surface area contributed by atoms with E-state index < -0.39 is 30.1 Å². The summed E-state index contributed by atoms with van der Waals surface area (Å²) < 4.78 is 14.3. The van der Waals surface area contributed by atoms with Crippen LogP contribution in [0.15, 0.2) is 54.6 Å². The Labute approximate surface area is 194 Å². The van der Waals surface area contributed by atoms with Crippen LogP contribution in [0.2, 0.25) is 0 Å². The van der Waals surface area contributed by atoms with Crippen molar-refractivity contribution in [2.24, 2.45) is 0 Å². The number of carbonyl (C=O) groups excluding carboxylic acids is 3. The number of hydrogen-bond acceptors (Lipinski definition) is 3. The van der Waals surface area contributed by atoms with E-state index in [-0.39, 0.29) is 31.8 Å². The van der Waals surface area contributed by atoms with Crippen molar-refractivity contribution in [1.82, 2.24) is 15.5 Å². The Morgan fingerprint density at radius 2 is 1.61 bits per heavy atom. The van der Waals surface area contributed by atoms with Crippen molar-refractivity contribution in [3.05, 3.63) is 71.3 Å². The highest BCUT2D eigenvalue weighted by Crippen LogP contribution is 2.27. The number of likely N-dealkylation sites (tertiary alicyclic amines) is 1. The molecule has 7 heteroatoms. The van der Waals surface area contributed by atoms with Gasteiger partial charge in [-0.2, -0.15) is 0 Å². The number of rotatable bonds is 8. The van der Waals surface area contributed by atoms with Crippen LogP contribution >= 0.6 is 0 Å². The first-order valence-electron chi connectivity index (χ1n) is 11.5. The average Bonchev–Trinajstić information content (AvgIpc) is 3.23. The number of halogens is 1. The summed E-state index contributed by atoms with van der Waals surface area (Å²) in [5.74, 6) is -0.757. The Hall–Kier alpha value is -3.22. The number of carbonyl (C=O) groups is 3. The zero-order chi connectivity index (χ0) is 24.0. The number of benzene rings is 2. The molecule has 1 heterocycles. The van der Waals surface area contributed by atoms with Gasteiger partial charge in [0.15, 0.2) is 0 Å². The second kappa shape index (κ2) is 11.1. The summed E-state index contributed by atoms with van der Waals surface area (Å²) in [6.45, 7) is 5.52. The molecule has 1 saturated heterocycles. The van der Waals surface area contributed by atoms with Crippen LogP contribution in [0.25, 0.3) is 0 Å². The predicted molar refractivity (Wildman–Crippen MR) is 125 cm³/mol. The lowest BCUT2D eigenvalue weighted by Crippen LogP contribution is -2.49. The number of amides is 3. The molecular weight excluding hydrogens is 421 g/mol. The van der Waals surface area contributed by atoms with Crippen molar-refractivity contribution >= 4 is 17.7 Å². The van der Waals surface area contributed by atoms with Gasteiger partial charge in [0, 0.05) is 12.8 Å². The summed E-state index contributed by atoms with van der Waals surface area (Å²) in [5, 5.41) is 5.54. The monoisotopic (exact) mass is 453 g/mol. The third-order valence-electron chi connectivity index (χ3n) is 5.99. The van der Waals surface area contributed by atoms with E-state index in [4.69, 9.17) is 0 Å². The summed E-state index contributed by atoms with van der Waals surface area (Å²) in [7, 11) is 0. The molecule has 0 radical (unpaired) electrons. The van der Waals surface area contributed by atoms with Gasteiger partial charge in [0.25, 0.3) is 0 Å². The highest BCUT2D eigenvalue weighted by atomic mass is 19.1. The lowest BCUT2D eigenvalue weighted by atomic mass is 9.95. The molecule has 0 aromatic heterocycles. The van der Waals surface area contributed by atoms with Gasteiger partial charge in [-0.25, -0.2) is 4.39 Å². The van der Waals surface area contributed by atoms with E-state index in [0.29, 0.717) is 5.92 Å². The molecule has 0 bridgehead atoms. The largest absolute Gasteiger partial charge is 0.347 e. The van der Waals surface area contributed by atoms with E-state index >= 15 is 0 Å². The highest BCUT2D eigenvalue weighted by molar-refractivity contribution is 5.91. The quantitative estimate of drug-likeness (QED) is 0.642. The van der Waals surface area contributed by atoms with Crippen LogP contribution in [0.3, 0.4) is 0 Å². The van der Waals surface area contributed by atoms with Crippen molar-refractivity contribution in [3.63, 3.8) is 0 Å². The lowest BCUT2D eigenvalue weighted by molar-refractivity contribution is -0.138. The maximum Gasteiger partial charge on any atom is 0.243 e. The number of hydrogen-bond donors (Lipinski definition) is 2. The fourth-order valence-electron chi connectivity index (χ4n) is 4.03. The minimum absolute atomic E-state index is 0.0624. The normalized spacial score (nSPS) is 18.8. The van der Waals surface area contributed by atoms with E-state index in [2.05, 4.69) is 24.5 Å². The van der Waals surface area contributed by atoms with Crippen LogP contribution in [-0.2, 0) is 14.4 Å². The second-order valence-electron chi connectivity index (χ2n) is 8.70. The zero-order valence-corrected chi connectivity index (χ0v) is 19.4. The fourth-order valence-corrected chi connectivity index (χ4v) is 4.03. The van der Waals surface area contributed by atoms with Crippen LogP contribution in [0.5, 0.6) is 0 Å². The smallest absolute Gasteiger partial charge is 0.243 e. The third kappa shape index (κ3) is 6.18. The molecule has 6 nitrogen and oxygen atoms in total. The van der Waals surface area contributed by atoms with Gasteiger partial charge < -0.3 is 15.5 Å². The van der Waals surface area contributed by atoms with Gasteiger partial charge in [0.1, 0.15) is 12.2 Å². The van der Waals surface area contributed by atoms with Crippen LogP contribution in [-0.4, -0.2) is 47.9 Å². The molecule has 3 rings (SSSR count). The molecule has 3 unspecified atom stereocenters. The number of nitrogens with zero attached hydrogens (tertiary/aromatic N) is 1. The number of alkyl halides is 1. The van der Waals surface area contributed by atoms with E-state index in [0.717, 1.165) is 11.1 Å². The molecule has 33 heavy (non-hydrogen) atoms. The van der Waals surface area contributed by atoms with Gasteiger partial charge in [0.2, 0.25) is 17.7 Å². The lowest BCUT2D eigenvalue weighted by Gasteiger charge is -2.27. The summed E-state index contributed by atoms with van der Waals surface area (Å²) in [6, 6.07) is 16.3. The molecule has 2 N–H and O–H groups in total. The first-order valence-corrected chi connectivity index (χ1v) is 11.5. The molecule has 0 aliphatic carbocycles. The maximum atomic E-state index is 14.3. The van der Waals surface area contributed by atoms with Gasteiger partial charge in [-0.1, -0.05) is 75.4 Å². The van der Waals surface area contributed by atoms with E-state index in [9.17, 15) is 18.8 Å². The highest BCUT2D eigenvalue weighted by Gasteiger charge is 2.40. The van der Waals surface area contributed by atoms with E-state index in [1.54, 1.807) is 6.92 Å². The van der Waals surface area contributed by atoms with Gasteiger partial charge in [-0.15, -0.1) is 0 Å². The Morgan fingerprint density at radius 1 is 1.00 bits per heavy atom. The van der Waals surface area contributed by atoms with Crippen LogP contribution in [0.1, 0.15) is 62.3 Å². The molecule has 2 aromatic carbocycles. The van der Waals surface area contributed by atoms with Crippen molar-refractivity contribution in [1.29, 1.82) is 0 Å². The molecular formula is C26H32FN3O3. The minimum atomic E-state index is -1.29. The first kappa shape index (κ1) is 24.4. The molecule has 3 atom stereocenters. The van der Waals surface area contributed by atoms with Crippen LogP contribution in [0, 0.1) is 0 Å². The summed E-state index contributed by atoms with van der Waals surface area (Å²) in [6.07, 6.45) is -1.10. The maximum absolute atomic E-state index is 14.3. The Balaban J connectivity index is 1.80. The van der Waals surface area contributed by atoms with Gasteiger partial charge >= 0.3 is 0 Å². The Morgan fingerprint density at radius 3 is 2.21 bits per heavy atom. The molecule has 1 fully saturated rings. The fraction of sp³-hybridized carbons (Fsp3) is 0.423. The molecule has 3 amide bonds. The molecule has 2 aromatic rings. The molecule has 1 aliphatic rings. The standard InChI is InChI=1S/C26H32FN3O3/c1-4-23(31)28-15-24(32)30-16-21(27)14-22(30)26(33)29-25(19-8-6-5-7-9-19)20-12-10-18(11-13-20)17(2)3/h5-13,17,21-22,25H,4,14-16H2,1-3H3,(H,28,31)(H,29,33). The van der Waals surface area contributed by atoms with Crippen LogP contribution < -0.4 is 10.6 Å². The zero-order valence-electron chi connectivity index (χ0n) is 19.4. The SMILES string of the molecule is CCC(=O)NCC(=O)N1CC(F)CC1C(=O)NC(c1ccccc1)c1ccc(C(C)C)cc1. The van der Waals surface area contributed by atoms with Gasteiger partial charge in [-0.3, -0.25) is 14.4 Å². The van der Waals surface area contributed by atoms with Crippen molar-refractivity contribution < 1.29 is 18.8 Å². The van der Waals surface area contributed by atoms with Crippen molar-refractivity contribution in [2.45, 2.75) is 57.8 Å². The summed E-state index contributed by atoms with van der Waals surface area (Å²) >= 11 is 0. The third-order valence-corrected chi connectivity index (χ3v) is 5.99. The molecule has 1 aliphatic heterocycles. The van der Waals surface area contributed by atoms with Gasteiger partial charge in [0.05, 0.1) is 19.1 Å². The van der Waals surface area contributed by atoms with Gasteiger partial charge in [-0.05, 0) is 22.6 Å². The summed E-state index contributed by atoms with van der Waals surface area (Å²) in [4.78, 5) is 38.6. The Bertz CT molecular complexity index is 963. The molecule has 176 valence electrons. The molecule has 0 spiro atoms. The summed E-state index contributed by atoms with van der Waals surface area (Å²) in [5.41, 5.74) is 2.99. The minimum Gasteiger partial charge on any atom is -0.347 e.